The van der Waals surface area contributed by atoms with Crippen molar-refractivity contribution in [2.45, 2.75) is 32.2 Å². The molecule has 0 heterocycles. The molecule has 0 fully saturated rings. The Kier molecular flexibility index (Phi) is 5.02. The molecule has 3 N–H and O–H groups in total. The standard InChI is InChI=1S/C12H16BrN3O3/c1-12(2,14)6-5-11(17)15-8-3-4-10(16(18)19)9(13)7-8/h3-4,7H,5-6,14H2,1-2H3,(H,15,17). The van der Waals surface area contributed by atoms with Crippen LogP contribution in [0.3, 0.4) is 0 Å². The normalized spacial score (nSPS) is 11.2. The molecule has 1 amide bonds. The molecule has 0 aromatic heterocycles. The summed E-state index contributed by atoms with van der Waals surface area (Å²) in [6.07, 6.45) is 0.866. The van der Waals surface area contributed by atoms with Crippen molar-refractivity contribution in [1.29, 1.82) is 0 Å². The van der Waals surface area contributed by atoms with Crippen LogP contribution in [0.4, 0.5) is 11.4 Å². The number of amides is 1. The molecule has 7 heteroatoms. The fraction of sp³-hybridized carbons (Fsp3) is 0.417. The summed E-state index contributed by atoms with van der Waals surface area (Å²) in [6, 6.07) is 4.34. The number of benzene rings is 1. The maximum atomic E-state index is 11.7. The summed E-state index contributed by atoms with van der Waals surface area (Å²) < 4.78 is 0.328. The number of anilines is 1. The van der Waals surface area contributed by atoms with Gasteiger partial charge in [-0.1, -0.05) is 0 Å². The molecule has 0 aliphatic rings. The Hall–Kier alpha value is -1.47. The topological polar surface area (TPSA) is 98.3 Å². The maximum absolute atomic E-state index is 11.7. The second-order valence-corrected chi connectivity index (χ2v) is 5.81. The first-order valence-corrected chi connectivity index (χ1v) is 6.51. The molecule has 19 heavy (non-hydrogen) atoms. The SMILES string of the molecule is CC(C)(N)CCC(=O)Nc1ccc([N+](=O)[O-])c(Br)c1. The second kappa shape index (κ2) is 6.12. The molecule has 0 spiro atoms. The number of nitrogens with one attached hydrogen (secondary N) is 1. The van der Waals surface area contributed by atoms with Crippen molar-refractivity contribution in [2.24, 2.45) is 5.73 Å². The van der Waals surface area contributed by atoms with Crippen LogP contribution in [0.2, 0.25) is 0 Å². The van der Waals surface area contributed by atoms with E-state index in [0.717, 1.165) is 0 Å². The van der Waals surface area contributed by atoms with Crippen LogP contribution in [-0.2, 0) is 4.79 Å². The summed E-state index contributed by atoms with van der Waals surface area (Å²) in [5.74, 6) is -0.167. The minimum atomic E-state index is -0.493. The fourth-order valence-electron chi connectivity index (χ4n) is 1.39. The van der Waals surface area contributed by atoms with Gasteiger partial charge in [0.2, 0.25) is 5.91 Å². The molecule has 0 radical (unpaired) electrons. The van der Waals surface area contributed by atoms with Crippen LogP contribution in [-0.4, -0.2) is 16.4 Å². The van der Waals surface area contributed by atoms with Gasteiger partial charge >= 0.3 is 0 Å². The first-order valence-electron chi connectivity index (χ1n) is 5.72. The van der Waals surface area contributed by atoms with Crippen molar-refractivity contribution in [2.75, 3.05) is 5.32 Å². The molecule has 1 rings (SSSR count). The van der Waals surface area contributed by atoms with Gasteiger partial charge in [-0.05, 0) is 48.3 Å². The van der Waals surface area contributed by atoms with Gasteiger partial charge in [-0.15, -0.1) is 0 Å². The molecular formula is C12H16BrN3O3. The number of nitro benzene ring substituents is 1. The van der Waals surface area contributed by atoms with Crippen LogP contribution in [0.1, 0.15) is 26.7 Å². The molecule has 0 atom stereocenters. The highest BCUT2D eigenvalue weighted by atomic mass is 79.9. The monoisotopic (exact) mass is 329 g/mol. The van der Waals surface area contributed by atoms with Gasteiger partial charge in [0, 0.05) is 23.7 Å². The van der Waals surface area contributed by atoms with Crippen LogP contribution in [0.25, 0.3) is 0 Å². The molecule has 6 nitrogen and oxygen atoms in total. The largest absolute Gasteiger partial charge is 0.326 e. The molecule has 1 aromatic carbocycles. The lowest BCUT2D eigenvalue weighted by molar-refractivity contribution is -0.385. The molecule has 104 valence electrons. The van der Waals surface area contributed by atoms with Gasteiger partial charge in [0.1, 0.15) is 0 Å². The van der Waals surface area contributed by atoms with E-state index in [1.165, 1.54) is 18.2 Å². The Labute approximate surface area is 119 Å². The lowest BCUT2D eigenvalue weighted by Gasteiger charge is -2.17. The Balaban J connectivity index is 2.65. The van der Waals surface area contributed by atoms with E-state index in [4.69, 9.17) is 5.73 Å². The smallest absolute Gasteiger partial charge is 0.283 e. The van der Waals surface area contributed by atoms with Crippen LogP contribution in [0.5, 0.6) is 0 Å². The molecule has 0 saturated heterocycles. The van der Waals surface area contributed by atoms with Gasteiger partial charge in [0.05, 0.1) is 9.40 Å². The van der Waals surface area contributed by atoms with Crippen molar-refractivity contribution in [3.05, 3.63) is 32.8 Å². The minimum Gasteiger partial charge on any atom is -0.326 e. The lowest BCUT2D eigenvalue weighted by Crippen LogP contribution is -2.33. The molecule has 0 saturated carbocycles. The Bertz CT molecular complexity index is 497. The molecular weight excluding hydrogens is 314 g/mol. The average molecular weight is 330 g/mol. The number of nitrogens with two attached hydrogens (primary N) is 1. The van der Waals surface area contributed by atoms with Gasteiger partial charge in [-0.25, -0.2) is 0 Å². The lowest BCUT2D eigenvalue weighted by atomic mass is 10.00. The van der Waals surface area contributed by atoms with Crippen molar-refractivity contribution < 1.29 is 9.72 Å². The quantitative estimate of drug-likeness (QED) is 0.640. The Morgan fingerprint density at radius 1 is 1.53 bits per heavy atom. The van der Waals surface area contributed by atoms with Crippen molar-refractivity contribution in [3.63, 3.8) is 0 Å². The van der Waals surface area contributed by atoms with Crippen molar-refractivity contribution in [1.82, 2.24) is 0 Å². The number of carbonyl (C=O) groups excluding carboxylic acids is 1. The third-order valence-corrected chi connectivity index (χ3v) is 3.06. The van der Waals surface area contributed by atoms with E-state index in [1.807, 2.05) is 13.8 Å². The molecule has 0 aliphatic heterocycles. The van der Waals surface area contributed by atoms with Gasteiger partial charge in [0.25, 0.3) is 5.69 Å². The molecule has 0 aliphatic carbocycles. The number of halogens is 1. The number of hydrogen-bond acceptors (Lipinski definition) is 4. The summed E-state index contributed by atoms with van der Waals surface area (Å²) >= 11 is 3.10. The average Bonchev–Trinajstić information content (AvgIpc) is 2.25. The first-order chi connectivity index (χ1) is 8.69. The van der Waals surface area contributed by atoms with Gasteiger partial charge < -0.3 is 11.1 Å². The predicted molar refractivity (Wildman–Crippen MR) is 76.9 cm³/mol. The van der Waals surface area contributed by atoms with E-state index in [-0.39, 0.29) is 11.6 Å². The summed E-state index contributed by atoms with van der Waals surface area (Å²) in [7, 11) is 0. The zero-order chi connectivity index (χ0) is 14.6. The Morgan fingerprint density at radius 3 is 2.63 bits per heavy atom. The minimum absolute atomic E-state index is 0.0407. The maximum Gasteiger partial charge on any atom is 0.283 e. The van der Waals surface area contributed by atoms with E-state index in [1.54, 1.807) is 0 Å². The zero-order valence-corrected chi connectivity index (χ0v) is 12.4. The molecule has 0 unspecified atom stereocenters. The van der Waals surface area contributed by atoms with E-state index in [0.29, 0.717) is 23.0 Å². The summed E-state index contributed by atoms with van der Waals surface area (Å²) in [6.45, 7) is 3.70. The fourth-order valence-corrected chi connectivity index (χ4v) is 1.92. The van der Waals surface area contributed by atoms with Crippen LogP contribution in [0.15, 0.2) is 22.7 Å². The highest BCUT2D eigenvalue weighted by molar-refractivity contribution is 9.10. The number of rotatable bonds is 5. The van der Waals surface area contributed by atoms with Crippen molar-refractivity contribution in [3.8, 4) is 0 Å². The third-order valence-electron chi connectivity index (χ3n) is 2.42. The van der Waals surface area contributed by atoms with Crippen molar-refractivity contribution >= 4 is 33.2 Å². The third kappa shape index (κ3) is 5.35. The van der Waals surface area contributed by atoms with Crippen LogP contribution < -0.4 is 11.1 Å². The van der Waals surface area contributed by atoms with E-state index in [2.05, 4.69) is 21.2 Å². The number of nitro groups is 1. The van der Waals surface area contributed by atoms with Gasteiger partial charge in [0.15, 0.2) is 0 Å². The Morgan fingerprint density at radius 2 is 2.16 bits per heavy atom. The first kappa shape index (κ1) is 15.6. The van der Waals surface area contributed by atoms with Gasteiger partial charge in [-0.3, -0.25) is 14.9 Å². The van der Waals surface area contributed by atoms with E-state index in [9.17, 15) is 14.9 Å². The van der Waals surface area contributed by atoms with Crippen LogP contribution in [0, 0.1) is 10.1 Å². The summed E-state index contributed by atoms with van der Waals surface area (Å²) in [5.41, 5.74) is 5.87. The highest BCUT2D eigenvalue weighted by Crippen LogP contribution is 2.27. The van der Waals surface area contributed by atoms with E-state index < -0.39 is 10.5 Å². The summed E-state index contributed by atoms with van der Waals surface area (Å²) in [4.78, 5) is 21.8. The molecule has 0 bridgehead atoms. The highest BCUT2D eigenvalue weighted by Gasteiger charge is 2.15. The number of nitrogens with zero attached hydrogens (tertiary/aromatic N) is 1. The predicted octanol–water partition coefficient (Wildman–Crippen LogP) is 2.81. The molecule has 1 aromatic rings. The number of carbonyl (C=O) groups is 1. The van der Waals surface area contributed by atoms with E-state index >= 15 is 0 Å². The van der Waals surface area contributed by atoms with Crippen LogP contribution >= 0.6 is 15.9 Å². The summed E-state index contributed by atoms with van der Waals surface area (Å²) in [5, 5.41) is 13.3. The zero-order valence-electron chi connectivity index (χ0n) is 10.8. The van der Waals surface area contributed by atoms with Gasteiger partial charge in [-0.2, -0.15) is 0 Å². The second-order valence-electron chi connectivity index (χ2n) is 4.96. The number of hydrogen-bond donors (Lipinski definition) is 2.